The molecule has 1 amide bonds. The molecule has 1 aliphatic rings. The van der Waals surface area contributed by atoms with E-state index in [9.17, 15) is 9.90 Å². The zero-order chi connectivity index (χ0) is 14.4. The molecule has 21 heavy (non-hydrogen) atoms. The minimum Gasteiger partial charge on any atom is -0.508 e. The number of carbonyl (C=O) groups is 1. The normalized spacial score (nSPS) is 16.8. The van der Waals surface area contributed by atoms with Crippen LogP contribution in [0, 0.1) is 0 Å². The molecule has 3 aromatic rings. The average molecular weight is 297 g/mol. The van der Waals surface area contributed by atoms with Gasteiger partial charge in [0.1, 0.15) is 5.75 Å². The van der Waals surface area contributed by atoms with Crippen molar-refractivity contribution in [3.8, 4) is 16.3 Å². The second-order valence-electron chi connectivity index (χ2n) is 4.84. The first-order valence-corrected chi connectivity index (χ1v) is 7.34. The molecule has 3 N–H and O–H groups in total. The number of aromatic nitrogens is 2. The number of thiophene rings is 1. The predicted molar refractivity (Wildman–Crippen MR) is 79.3 cm³/mol. The molecule has 104 valence electrons. The number of fused-ring (bicyclic) bond motifs is 1. The third kappa shape index (κ3) is 1.84. The van der Waals surface area contributed by atoms with Crippen LogP contribution in [0.4, 0.5) is 0 Å². The van der Waals surface area contributed by atoms with Gasteiger partial charge in [-0.2, -0.15) is 5.10 Å². The number of aromatic hydroxyl groups is 1. The van der Waals surface area contributed by atoms with E-state index >= 15 is 0 Å². The summed E-state index contributed by atoms with van der Waals surface area (Å²) in [5.74, 6) is -0.0197. The molecule has 5 nitrogen and oxygen atoms in total. The Morgan fingerprint density at radius 2 is 2.14 bits per heavy atom. The molecule has 0 bridgehead atoms. The summed E-state index contributed by atoms with van der Waals surface area (Å²) < 4.78 is 0. The zero-order valence-electron chi connectivity index (χ0n) is 10.8. The van der Waals surface area contributed by atoms with E-state index in [4.69, 9.17) is 0 Å². The third-order valence-corrected chi connectivity index (χ3v) is 4.44. The Kier molecular flexibility index (Phi) is 2.58. The van der Waals surface area contributed by atoms with E-state index in [2.05, 4.69) is 15.5 Å². The summed E-state index contributed by atoms with van der Waals surface area (Å²) in [6.45, 7) is 0. The van der Waals surface area contributed by atoms with Crippen LogP contribution in [0.3, 0.4) is 0 Å². The first-order valence-electron chi connectivity index (χ1n) is 6.46. The van der Waals surface area contributed by atoms with Crippen molar-refractivity contribution in [3.63, 3.8) is 0 Å². The lowest BCUT2D eigenvalue weighted by Crippen LogP contribution is -2.21. The molecule has 0 fully saturated rings. The van der Waals surface area contributed by atoms with Gasteiger partial charge in [-0.1, -0.05) is 18.2 Å². The number of benzene rings is 1. The highest BCUT2D eigenvalue weighted by Crippen LogP contribution is 2.38. The molecule has 0 unspecified atom stereocenters. The van der Waals surface area contributed by atoms with Gasteiger partial charge in [-0.25, -0.2) is 0 Å². The molecule has 0 aliphatic carbocycles. The van der Waals surface area contributed by atoms with Crippen molar-refractivity contribution in [3.05, 3.63) is 58.6 Å². The number of aromatic amines is 1. The molecule has 0 saturated heterocycles. The SMILES string of the molecule is O=C1N[C@@H](c2cccc(O)c2)c2c1n[nH]c2-c1cccs1. The third-order valence-electron chi connectivity index (χ3n) is 3.55. The Hall–Kier alpha value is -2.60. The first-order chi connectivity index (χ1) is 10.2. The maximum absolute atomic E-state index is 12.1. The molecule has 1 atom stereocenters. The summed E-state index contributed by atoms with van der Waals surface area (Å²) >= 11 is 1.59. The van der Waals surface area contributed by atoms with E-state index in [-0.39, 0.29) is 17.7 Å². The number of nitrogens with one attached hydrogen (secondary N) is 2. The first kappa shape index (κ1) is 12.2. The van der Waals surface area contributed by atoms with Gasteiger partial charge >= 0.3 is 0 Å². The van der Waals surface area contributed by atoms with Crippen LogP contribution in [0.25, 0.3) is 10.6 Å². The highest BCUT2D eigenvalue weighted by Gasteiger charge is 2.36. The molecular formula is C15H11N3O2S. The minimum atomic E-state index is -0.296. The molecule has 1 aromatic carbocycles. The molecular weight excluding hydrogens is 286 g/mol. The van der Waals surface area contributed by atoms with Crippen molar-refractivity contribution < 1.29 is 9.90 Å². The minimum absolute atomic E-state index is 0.177. The average Bonchev–Trinajstić information content (AvgIpc) is 3.16. The number of hydrogen-bond acceptors (Lipinski definition) is 4. The van der Waals surface area contributed by atoms with Crippen molar-refractivity contribution >= 4 is 17.2 Å². The molecule has 2 aromatic heterocycles. The van der Waals surface area contributed by atoms with Crippen LogP contribution >= 0.6 is 11.3 Å². The number of hydrogen-bond donors (Lipinski definition) is 3. The van der Waals surface area contributed by atoms with Gasteiger partial charge in [0.25, 0.3) is 5.91 Å². The number of rotatable bonds is 2. The van der Waals surface area contributed by atoms with Gasteiger partial charge in [-0.3, -0.25) is 9.89 Å². The summed E-state index contributed by atoms with van der Waals surface area (Å²) in [5.41, 5.74) is 2.95. The lowest BCUT2D eigenvalue weighted by atomic mass is 9.99. The lowest BCUT2D eigenvalue weighted by molar-refractivity contribution is 0.0955. The number of phenolic OH excluding ortho intramolecular Hbond substituents is 1. The maximum Gasteiger partial charge on any atom is 0.272 e. The van der Waals surface area contributed by atoms with Crippen LogP contribution in [0.2, 0.25) is 0 Å². The summed E-state index contributed by atoms with van der Waals surface area (Å²) in [6.07, 6.45) is 0. The lowest BCUT2D eigenvalue weighted by Gasteiger charge is -2.13. The van der Waals surface area contributed by atoms with Crippen LogP contribution in [0.15, 0.2) is 41.8 Å². The van der Waals surface area contributed by atoms with Crippen LogP contribution in [-0.4, -0.2) is 21.2 Å². The van der Waals surface area contributed by atoms with Crippen molar-refractivity contribution in [1.29, 1.82) is 0 Å². The molecule has 3 heterocycles. The van der Waals surface area contributed by atoms with Gasteiger partial charge in [0.15, 0.2) is 5.69 Å². The molecule has 4 rings (SSSR count). The standard InChI is InChI=1S/C15H11N3O2S/c19-9-4-1-3-8(7-9)12-11-13(10-5-2-6-21-10)17-18-14(11)15(20)16-12/h1-7,12,19H,(H,16,20)(H,17,18)/t12-/m0/s1. The largest absolute Gasteiger partial charge is 0.508 e. The van der Waals surface area contributed by atoms with Crippen LogP contribution in [0.1, 0.15) is 27.7 Å². The van der Waals surface area contributed by atoms with E-state index < -0.39 is 0 Å². The van der Waals surface area contributed by atoms with Crippen LogP contribution in [0.5, 0.6) is 5.75 Å². The highest BCUT2D eigenvalue weighted by molar-refractivity contribution is 7.13. The van der Waals surface area contributed by atoms with E-state index in [1.165, 1.54) is 0 Å². The fourth-order valence-electron chi connectivity index (χ4n) is 2.64. The van der Waals surface area contributed by atoms with Gasteiger partial charge in [-0.05, 0) is 29.1 Å². The fraction of sp³-hybridized carbons (Fsp3) is 0.0667. The monoisotopic (exact) mass is 297 g/mol. The molecule has 0 spiro atoms. The number of carbonyl (C=O) groups excluding carboxylic acids is 1. The zero-order valence-corrected chi connectivity index (χ0v) is 11.6. The maximum atomic E-state index is 12.1. The highest BCUT2D eigenvalue weighted by atomic mass is 32.1. The van der Waals surface area contributed by atoms with Crippen LogP contribution in [-0.2, 0) is 0 Å². The number of amides is 1. The molecule has 6 heteroatoms. The Labute approximate surface area is 124 Å². The predicted octanol–water partition coefficient (Wildman–Crippen LogP) is 2.68. The summed E-state index contributed by atoms with van der Waals surface area (Å²) in [5, 5.41) is 21.7. The summed E-state index contributed by atoms with van der Waals surface area (Å²) in [7, 11) is 0. The fourth-order valence-corrected chi connectivity index (χ4v) is 3.37. The number of phenols is 1. The summed E-state index contributed by atoms with van der Waals surface area (Å²) in [4.78, 5) is 13.1. The smallest absolute Gasteiger partial charge is 0.272 e. The Morgan fingerprint density at radius 3 is 2.90 bits per heavy atom. The van der Waals surface area contributed by atoms with Gasteiger partial charge in [0.2, 0.25) is 0 Å². The molecule has 0 saturated carbocycles. The Morgan fingerprint density at radius 1 is 1.24 bits per heavy atom. The van der Waals surface area contributed by atoms with E-state index in [0.29, 0.717) is 5.69 Å². The van der Waals surface area contributed by atoms with E-state index in [0.717, 1.165) is 21.7 Å². The Balaban J connectivity index is 1.88. The van der Waals surface area contributed by atoms with Gasteiger partial charge in [0.05, 0.1) is 16.6 Å². The van der Waals surface area contributed by atoms with Crippen LogP contribution < -0.4 is 5.32 Å². The van der Waals surface area contributed by atoms with Crippen molar-refractivity contribution in [2.45, 2.75) is 6.04 Å². The van der Waals surface area contributed by atoms with Crippen molar-refractivity contribution in [2.75, 3.05) is 0 Å². The molecule has 0 radical (unpaired) electrons. The topological polar surface area (TPSA) is 78.0 Å². The van der Waals surface area contributed by atoms with Crippen molar-refractivity contribution in [1.82, 2.24) is 15.5 Å². The summed E-state index contributed by atoms with van der Waals surface area (Å²) in [6, 6.07) is 10.6. The number of nitrogens with zero attached hydrogens (tertiary/aromatic N) is 1. The van der Waals surface area contributed by atoms with Gasteiger partial charge < -0.3 is 10.4 Å². The van der Waals surface area contributed by atoms with E-state index in [1.54, 1.807) is 29.5 Å². The quantitative estimate of drug-likeness (QED) is 0.680. The number of H-pyrrole nitrogens is 1. The molecule has 1 aliphatic heterocycles. The van der Waals surface area contributed by atoms with Crippen molar-refractivity contribution in [2.24, 2.45) is 0 Å². The Bertz CT molecular complexity index is 823. The van der Waals surface area contributed by atoms with Gasteiger partial charge in [0, 0.05) is 5.56 Å². The van der Waals surface area contributed by atoms with Gasteiger partial charge in [-0.15, -0.1) is 11.3 Å². The van der Waals surface area contributed by atoms with E-state index in [1.807, 2.05) is 23.6 Å². The second-order valence-corrected chi connectivity index (χ2v) is 5.79. The second kappa shape index (κ2) is 4.46.